The Labute approximate surface area is 176 Å². The normalized spacial score (nSPS) is 10.3. The van der Waals surface area contributed by atoms with Gasteiger partial charge >= 0.3 is 5.97 Å². The van der Waals surface area contributed by atoms with Crippen LogP contribution in [-0.4, -0.2) is 25.5 Å². The first kappa shape index (κ1) is 21.1. The first-order valence-corrected chi connectivity index (χ1v) is 9.81. The molecule has 3 aromatic carbocycles. The van der Waals surface area contributed by atoms with Crippen LogP contribution in [0.3, 0.4) is 0 Å². The summed E-state index contributed by atoms with van der Waals surface area (Å²) in [5.74, 6) is 1.26. The third-order valence-electron chi connectivity index (χ3n) is 4.45. The molecule has 0 saturated carbocycles. The van der Waals surface area contributed by atoms with Crippen LogP contribution in [0.5, 0.6) is 17.2 Å². The molecule has 0 N–H and O–H groups in total. The summed E-state index contributed by atoms with van der Waals surface area (Å²) in [6, 6.07) is 22.5. The van der Waals surface area contributed by atoms with Crippen molar-refractivity contribution in [3.63, 3.8) is 0 Å². The second-order valence-electron chi connectivity index (χ2n) is 6.71. The minimum atomic E-state index is -0.365. The maximum Gasteiger partial charge on any atom is 0.308 e. The monoisotopic (exact) mass is 404 g/mol. The Bertz CT molecular complexity index is 982. The number of benzene rings is 3. The Hall–Kier alpha value is -3.60. The smallest absolute Gasteiger partial charge is 0.308 e. The van der Waals surface area contributed by atoms with Crippen LogP contribution in [0.2, 0.25) is 0 Å². The molecule has 0 radical (unpaired) electrons. The predicted molar refractivity (Wildman–Crippen MR) is 114 cm³/mol. The minimum Gasteiger partial charge on any atom is -0.489 e. The molecule has 3 aromatic rings. The summed E-state index contributed by atoms with van der Waals surface area (Å²) in [4.78, 5) is 22.4. The van der Waals surface area contributed by atoms with Crippen molar-refractivity contribution in [2.24, 2.45) is 0 Å². The third kappa shape index (κ3) is 6.21. The quantitative estimate of drug-likeness (QED) is 0.279. The Balaban J connectivity index is 1.63. The van der Waals surface area contributed by atoms with E-state index in [1.54, 1.807) is 24.3 Å². The molecule has 154 valence electrons. The average Bonchev–Trinajstić information content (AvgIpc) is 2.76. The molecule has 0 aliphatic carbocycles. The lowest BCUT2D eigenvalue weighted by atomic mass is 10.1. The summed E-state index contributed by atoms with van der Waals surface area (Å²) in [6.45, 7) is 2.21. The van der Waals surface area contributed by atoms with E-state index in [-0.39, 0.29) is 5.97 Å². The van der Waals surface area contributed by atoms with Crippen LogP contribution in [-0.2, 0) is 17.6 Å². The zero-order valence-corrected chi connectivity index (χ0v) is 16.9. The SMILES string of the molecule is CC(=O)Oc1ccccc1CCOc1cc(C=O)ccc1OCCc1ccccc1. The topological polar surface area (TPSA) is 61.8 Å². The summed E-state index contributed by atoms with van der Waals surface area (Å²) >= 11 is 0. The van der Waals surface area contributed by atoms with Crippen molar-refractivity contribution in [3.05, 3.63) is 89.5 Å². The van der Waals surface area contributed by atoms with Gasteiger partial charge in [-0.25, -0.2) is 0 Å². The highest BCUT2D eigenvalue weighted by atomic mass is 16.5. The molecule has 0 spiro atoms. The van der Waals surface area contributed by atoms with Gasteiger partial charge in [-0.15, -0.1) is 0 Å². The van der Waals surface area contributed by atoms with E-state index < -0.39 is 0 Å². The van der Waals surface area contributed by atoms with E-state index in [1.807, 2.05) is 36.4 Å². The van der Waals surface area contributed by atoms with Crippen LogP contribution in [0.25, 0.3) is 0 Å². The Morgan fingerprint density at radius 2 is 1.50 bits per heavy atom. The molecule has 3 rings (SSSR count). The van der Waals surface area contributed by atoms with Gasteiger partial charge in [-0.3, -0.25) is 9.59 Å². The van der Waals surface area contributed by atoms with Crippen molar-refractivity contribution < 1.29 is 23.8 Å². The van der Waals surface area contributed by atoms with E-state index in [0.29, 0.717) is 42.4 Å². The molecule has 30 heavy (non-hydrogen) atoms. The number of para-hydroxylation sites is 1. The fraction of sp³-hybridized carbons (Fsp3) is 0.200. The largest absolute Gasteiger partial charge is 0.489 e. The molecule has 0 atom stereocenters. The number of hydrogen-bond acceptors (Lipinski definition) is 5. The number of carbonyl (C=O) groups is 2. The van der Waals surface area contributed by atoms with Gasteiger partial charge in [0.15, 0.2) is 11.5 Å². The number of ether oxygens (including phenoxy) is 3. The summed E-state index contributed by atoms with van der Waals surface area (Å²) in [7, 11) is 0. The van der Waals surface area contributed by atoms with Gasteiger partial charge in [0, 0.05) is 25.3 Å². The molecule has 0 aliphatic rings. The molecular weight excluding hydrogens is 380 g/mol. The van der Waals surface area contributed by atoms with E-state index in [2.05, 4.69) is 12.1 Å². The number of aldehydes is 1. The summed E-state index contributed by atoms with van der Waals surface area (Å²) in [5, 5.41) is 0. The lowest BCUT2D eigenvalue weighted by Gasteiger charge is -2.14. The van der Waals surface area contributed by atoms with Crippen LogP contribution < -0.4 is 14.2 Å². The van der Waals surface area contributed by atoms with Crippen LogP contribution in [0.1, 0.15) is 28.4 Å². The second kappa shape index (κ2) is 10.8. The first-order valence-electron chi connectivity index (χ1n) is 9.81. The van der Waals surface area contributed by atoms with Crippen molar-refractivity contribution in [2.75, 3.05) is 13.2 Å². The first-order chi connectivity index (χ1) is 14.7. The Morgan fingerprint density at radius 3 is 2.27 bits per heavy atom. The fourth-order valence-corrected chi connectivity index (χ4v) is 2.99. The highest BCUT2D eigenvalue weighted by molar-refractivity contribution is 5.76. The number of carbonyl (C=O) groups excluding carboxylic acids is 2. The standard InChI is InChI=1S/C25H24O5/c1-19(27)30-23-10-6-5-9-22(23)14-16-29-25-17-21(18-26)11-12-24(25)28-15-13-20-7-3-2-4-8-20/h2-12,17-18H,13-16H2,1H3. The van der Waals surface area contributed by atoms with Crippen molar-refractivity contribution in [3.8, 4) is 17.2 Å². The highest BCUT2D eigenvalue weighted by Gasteiger charge is 2.10. The highest BCUT2D eigenvalue weighted by Crippen LogP contribution is 2.29. The molecule has 0 unspecified atom stereocenters. The van der Waals surface area contributed by atoms with E-state index >= 15 is 0 Å². The van der Waals surface area contributed by atoms with E-state index in [0.717, 1.165) is 18.3 Å². The third-order valence-corrected chi connectivity index (χ3v) is 4.45. The van der Waals surface area contributed by atoms with Crippen molar-refractivity contribution in [1.82, 2.24) is 0 Å². The minimum absolute atomic E-state index is 0.343. The zero-order chi connectivity index (χ0) is 21.2. The van der Waals surface area contributed by atoms with Crippen LogP contribution >= 0.6 is 0 Å². The van der Waals surface area contributed by atoms with E-state index in [4.69, 9.17) is 14.2 Å². The van der Waals surface area contributed by atoms with Gasteiger partial charge in [-0.05, 0) is 35.4 Å². The molecule has 0 bridgehead atoms. The Morgan fingerprint density at radius 1 is 0.800 bits per heavy atom. The number of esters is 1. The molecular formula is C25H24O5. The van der Waals surface area contributed by atoms with Crippen molar-refractivity contribution in [1.29, 1.82) is 0 Å². The maximum atomic E-state index is 11.3. The van der Waals surface area contributed by atoms with Gasteiger partial charge < -0.3 is 14.2 Å². The van der Waals surface area contributed by atoms with Crippen LogP contribution in [0.4, 0.5) is 0 Å². The van der Waals surface area contributed by atoms with Crippen molar-refractivity contribution >= 4 is 12.3 Å². The molecule has 0 aliphatic heterocycles. The van der Waals surface area contributed by atoms with Gasteiger partial charge in [-0.2, -0.15) is 0 Å². The molecule has 0 saturated heterocycles. The van der Waals surface area contributed by atoms with Crippen LogP contribution in [0.15, 0.2) is 72.8 Å². The van der Waals surface area contributed by atoms with Gasteiger partial charge in [0.05, 0.1) is 13.2 Å². The maximum absolute atomic E-state index is 11.3. The van der Waals surface area contributed by atoms with E-state index in [1.165, 1.54) is 12.5 Å². The van der Waals surface area contributed by atoms with Gasteiger partial charge in [0.25, 0.3) is 0 Å². The summed E-state index contributed by atoms with van der Waals surface area (Å²) < 4.78 is 17.1. The summed E-state index contributed by atoms with van der Waals surface area (Å²) in [6.07, 6.45) is 2.08. The fourth-order valence-electron chi connectivity index (χ4n) is 2.99. The average molecular weight is 404 g/mol. The van der Waals surface area contributed by atoms with Gasteiger partial charge in [0.2, 0.25) is 0 Å². The predicted octanol–water partition coefficient (Wildman–Crippen LogP) is 4.67. The molecule has 0 aromatic heterocycles. The summed E-state index contributed by atoms with van der Waals surface area (Å²) in [5.41, 5.74) is 2.57. The van der Waals surface area contributed by atoms with Crippen LogP contribution in [0, 0.1) is 0 Å². The molecule has 5 heteroatoms. The molecule has 0 fully saturated rings. The lowest BCUT2D eigenvalue weighted by molar-refractivity contribution is -0.131. The van der Waals surface area contributed by atoms with E-state index in [9.17, 15) is 9.59 Å². The zero-order valence-electron chi connectivity index (χ0n) is 16.9. The molecule has 0 heterocycles. The second-order valence-corrected chi connectivity index (χ2v) is 6.71. The number of rotatable bonds is 10. The number of hydrogen-bond donors (Lipinski definition) is 0. The molecule has 0 amide bonds. The van der Waals surface area contributed by atoms with Crippen molar-refractivity contribution in [2.45, 2.75) is 19.8 Å². The Kier molecular flexibility index (Phi) is 7.61. The van der Waals surface area contributed by atoms with Gasteiger partial charge in [-0.1, -0.05) is 48.5 Å². The van der Waals surface area contributed by atoms with Gasteiger partial charge in [0.1, 0.15) is 12.0 Å². The lowest BCUT2D eigenvalue weighted by Crippen LogP contribution is -2.08. The molecule has 5 nitrogen and oxygen atoms in total.